The molecule has 0 bridgehead atoms. The molecular formula is C30H30N6O. The van der Waals surface area contributed by atoms with Crippen LogP contribution in [0.1, 0.15) is 28.3 Å². The number of fused-ring (bicyclic) bond motifs is 1. The van der Waals surface area contributed by atoms with Gasteiger partial charge in [-0.05, 0) is 54.8 Å². The van der Waals surface area contributed by atoms with Gasteiger partial charge < -0.3 is 10.2 Å². The van der Waals surface area contributed by atoms with Crippen molar-refractivity contribution in [2.75, 3.05) is 36.4 Å². The molecule has 7 heteroatoms. The summed E-state index contributed by atoms with van der Waals surface area (Å²) in [6.45, 7) is 8.11. The molecule has 186 valence electrons. The van der Waals surface area contributed by atoms with E-state index in [4.69, 9.17) is 9.97 Å². The molecule has 0 spiro atoms. The number of anilines is 2. The Balaban J connectivity index is 1.41. The maximum atomic E-state index is 13.3. The maximum absolute atomic E-state index is 13.3. The van der Waals surface area contributed by atoms with Crippen LogP contribution in [0.4, 0.5) is 11.5 Å². The average Bonchev–Trinajstić information content (AvgIpc) is 2.92. The third-order valence-electron chi connectivity index (χ3n) is 6.94. The molecule has 0 radical (unpaired) electrons. The summed E-state index contributed by atoms with van der Waals surface area (Å²) in [5.41, 5.74) is 5.99. The highest BCUT2D eigenvalue weighted by atomic mass is 16.1. The third kappa shape index (κ3) is 5.45. The van der Waals surface area contributed by atoms with Gasteiger partial charge in [0.25, 0.3) is 0 Å². The van der Waals surface area contributed by atoms with Crippen molar-refractivity contribution in [1.29, 1.82) is 5.26 Å². The van der Waals surface area contributed by atoms with Crippen LogP contribution in [-0.2, 0) is 11.3 Å². The van der Waals surface area contributed by atoms with Gasteiger partial charge >= 0.3 is 0 Å². The van der Waals surface area contributed by atoms with Gasteiger partial charge in [0.05, 0.1) is 17.1 Å². The molecule has 1 fully saturated rings. The average molecular weight is 491 g/mol. The second kappa shape index (κ2) is 10.8. The van der Waals surface area contributed by atoms with E-state index in [-0.39, 0.29) is 0 Å². The lowest BCUT2D eigenvalue weighted by Crippen LogP contribution is -2.46. The molecule has 0 saturated carbocycles. The van der Waals surface area contributed by atoms with Crippen molar-refractivity contribution in [2.24, 2.45) is 0 Å². The minimum absolute atomic E-state index is 0.402. The summed E-state index contributed by atoms with van der Waals surface area (Å²) in [6.07, 6.45) is 0. The van der Waals surface area contributed by atoms with Crippen LogP contribution in [0.2, 0.25) is 0 Å². The molecule has 5 rings (SSSR count). The van der Waals surface area contributed by atoms with Crippen LogP contribution in [0.3, 0.4) is 0 Å². The second-order valence-corrected chi connectivity index (χ2v) is 9.52. The first-order chi connectivity index (χ1) is 18.0. The van der Waals surface area contributed by atoms with E-state index in [1.807, 2.05) is 62.4 Å². The predicted molar refractivity (Wildman–Crippen MR) is 146 cm³/mol. The van der Waals surface area contributed by atoms with Gasteiger partial charge in [-0.25, -0.2) is 9.97 Å². The van der Waals surface area contributed by atoms with Crippen molar-refractivity contribution in [3.8, 4) is 6.07 Å². The van der Waals surface area contributed by atoms with Crippen molar-refractivity contribution >= 4 is 28.4 Å². The Morgan fingerprint density at radius 2 is 1.59 bits per heavy atom. The number of nitrogens with zero attached hydrogens (tertiary/aromatic N) is 5. The van der Waals surface area contributed by atoms with Crippen LogP contribution < -0.4 is 10.2 Å². The van der Waals surface area contributed by atoms with E-state index in [0.29, 0.717) is 22.7 Å². The number of carbonyl (C=O) groups excluding carboxylic acids is 1. The summed E-state index contributed by atoms with van der Waals surface area (Å²) in [5.74, 6) is -0.879. The second-order valence-electron chi connectivity index (χ2n) is 9.52. The Bertz CT molecular complexity index is 1450. The van der Waals surface area contributed by atoms with Gasteiger partial charge in [-0.15, -0.1) is 0 Å². The monoisotopic (exact) mass is 490 g/mol. The maximum Gasteiger partial charge on any atom is 0.248 e. The Hall–Kier alpha value is -4.28. The normalized spacial score (nSPS) is 14.8. The lowest BCUT2D eigenvalue weighted by atomic mass is 10.0. The number of para-hydroxylation sites is 2. The van der Waals surface area contributed by atoms with E-state index in [1.54, 1.807) is 0 Å². The topological polar surface area (TPSA) is 85.1 Å². The van der Waals surface area contributed by atoms with Crippen LogP contribution in [-0.4, -0.2) is 47.0 Å². The molecule has 7 nitrogen and oxygen atoms in total. The lowest BCUT2D eigenvalue weighted by molar-refractivity contribution is -0.116. The molecule has 1 N–H and O–H groups in total. The first-order valence-corrected chi connectivity index (χ1v) is 12.6. The quantitative estimate of drug-likeness (QED) is 0.417. The molecule has 1 aromatic heterocycles. The Morgan fingerprint density at radius 3 is 2.27 bits per heavy atom. The van der Waals surface area contributed by atoms with E-state index in [2.05, 4.69) is 45.5 Å². The lowest BCUT2D eigenvalue weighted by Gasteiger charge is -2.36. The zero-order valence-corrected chi connectivity index (χ0v) is 21.2. The zero-order chi connectivity index (χ0) is 25.8. The Kier molecular flexibility index (Phi) is 7.11. The van der Waals surface area contributed by atoms with Crippen molar-refractivity contribution in [2.45, 2.75) is 26.3 Å². The first-order valence-electron chi connectivity index (χ1n) is 12.6. The number of nitriles is 1. The van der Waals surface area contributed by atoms with Crippen molar-refractivity contribution < 1.29 is 4.79 Å². The molecule has 1 aliphatic rings. The fraction of sp³-hybridized carbons (Fsp3) is 0.267. The number of amides is 1. The number of piperazine rings is 1. The van der Waals surface area contributed by atoms with E-state index in [0.717, 1.165) is 49.4 Å². The highest BCUT2D eigenvalue weighted by Crippen LogP contribution is 2.29. The largest absolute Gasteiger partial charge is 0.352 e. The van der Waals surface area contributed by atoms with Crippen LogP contribution >= 0.6 is 0 Å². The number of hydrogen-bond acceptors (Lipinski definition) is 6. The van der Waals surface area contributed by atoms with E-state index >= 15 is 0 Å². The first kappa shape index (κ1) is 24.4. The van der Waals surface area contributed by atoms with Crippen LogP contribution in [0, 0.1) is 25.2 Å². The van der Waals surface area contributed by atoms with Gasteiger partial charge in [0.2, 0.25) is 5.91 Å². The molecular weight excluding hydrogens is 460 g/mol. The SMILES string of the molecule is Cc1ccc(NC(=O)C(C#N)c2nc3ccccc3nc2N2CCN(Cc3ccccc3)CC2)cc1C. The standard InChI is InChI=1S/C30H30N6O/c1-21-12-13-24(18-22(21)2)32-30(37)25(19-31)28-29(34-27-11-7-6-10-26(27)33-28)36-16-14-35(15-17-36)20-23-8-4-3-5-9-23/h3-13,18,25H,14-17,20H2,1-2H3,(H,32,37). The molecule has 37 heavy (non-hydrogen) atoms. The highest BCUT2D eigenvalue weighted by molar-refractivity contribution is 5.98. The summed E-state index contributed by atoms with van der Waals surface area (Å²) in [4.78, 5) is 27.6. The highest BCUT2D eigenvalue weighted by Gasteiger charge is 2.30. The van der Waals surface area contributed by atoms with Crippen molar-refractivity contribution in [3.05, 3.63) is 95.2 Å². The minimum Gasteiger partial charge on any atom is -0.352 e. The summed E-state index contributed by atoms with van der Waals surface area (Å²) in [7, 11) is 0. The summed E-state index contributed by atoms with van der Waals surface area (Å²) in [6, 6.07) is 26.0. The number of rotatable bonds is 6. The van der Waals surface area contributed by atoms with Gasteiger partial charge in [0.15, 0.2) is 11.7 Å². The molecule has 3 aromatic carbocycles. The third-order valence-corrected chi connectivity index (χ3v) is 6.94. The Morgan fingerprint density at radius 1 is 0.919 bits per heavy atom. The summed E-state index contributed by atoms with van der Waals surface area (Å²) >= 11 is 0. The van der Waals surface area contributed by atoms with Crippen LogP contribution in [0.15, 0.2) is 72.8 Å². The number of aryl methyl sites for hydroxylation is 2. The minimum atomic E-state index is -1.09. The number of carbonyl (C=O) groups is 1. The Labute approximate surface area is 217 Å². The zero-order valence-electron chi connectivity index (χ0n) is 21.2. The van der Waals surface area contributed by atoms with Gasteiger partial charge in [0.1, 0.15) is 5.69 Å². The number of nitrogens with one attached hydrogen (secondary N) is 1. The fourth-order valence-corrected chi connectivity index (χ4v) is 4.67. The molecule has 4 aromatic rings. The van der Waals surface area contributed by atoms with Gasteiger partial charge in [0, 0.05) is 38.4 Å². The molecule has 2 heterocycles. The smallest absolute Gasteiger partial charge is 0.248 e. The van der Waals surface area contributed by atoms with Gasteiger partial charge in [-0.2, -0.15) is 5.26 Å². The van der Waals surface area contributed by atoms with Gasteiger partial charge in [-0.1, -0.05) is 48.5 Å². The number of benzene rings is 3. The molecule has 1 amide bonds. The van der Waals surface area contributed by atoms with Crippen LogP contribution in [0.5, 0.6) is 0 Å². The number of hydrogen-bond donors (Lipinski definition) is 1. The molecule has 0 aliphatic carbocycles. The van der Waals surface area contributed by atoms with Crippen molar-refractivity contribution in [1.82, 2.24) is 14.9 Å². The number of aromatic nitrogens is 2. The summed E-state index contributed by atoms with van der Waals surface area (Å²) in [5, 5.41) is 13.0. The van der Waals surface area contributed by atoms with Crippen molar-refractivity contribution in [3.63, 3.8) is 0 Å². The fourth-order valence-electron chi connectivity index (χ4n) is 4.67. The molecule has 1 saturated heterocycles. The van der Waals surface area contributed by atoms with E-state index < -0.39 is 11.8 Å². The van der Waals surface area contributed by atoms with E-state index in [9.17, 15) is 10.1 Å². The van der Waals surface area contributed by atoms with Crippen LogP contribution in [0.25, 0.3) is 11.0 Å². The van der Waals surface area contributed by atoms with E-state index in [1.165, 1.54) is 5.56 Å². The predicted octanol–water partition coefficient (Wildman–Crippen LogP) is 4.81. The molecule has 1 atom stereocenters. The summed E-state index contributed by atoms with van der Waals surface area (Å²) < 4.78 is 0. The van der Waals surface area contributed by atoms with Gasteiger partial charge in [-0.3, -0.25) is 9.69 Å². The molecule has 1 unspecified atom stereocenters. The molecule has 1 aliphatic heterocycles.